The molecule has 5 nitrogen and oxygen atoms in total. The Balaban J connectivity index is 2.85. The second-order valence-electron chi connectivity index (χ2n) is 2.21. The predicted octanol–water partition coefficient (Wildman–Crippen LogP) is 0.186. The van der Waals surface area contributed by atoms with Crippen LogP contribution in [-0.2, 0) is 7.05 Å². The molecule has 1 aromatic heterocycles. The van der Waals surface area contributed by atoms with Crippen molar-refractivity contribution in [3.8, 4) is 5.88 Å². The van der Waals surface area contributed by atoms with Gasteiger partial charge < -0.3 is 10.5 Å². The molecule has 2 N–H and O–H groups in total. The highest BCUT2D eigenvalue weighted by atomic mass is 16.6. The fourth-order valence-electron chi connectivity index (χ4n) is 0.783. The van der Waals surface area contributed by atoms with Gasteiger partial charge in [0.1, 0.15) is 0 Å². The van der Waals surface area contributed by atoms with Gasteiger partial charge in [0, 0.05) is 18.8 Å². The average Bonchev–Trinajstić information content (AvgIpc) is 2.09. The van der Waals surface area contributed by atoms with Gasteiger partial charge in [-0.25, -0.2) is 4.79 Å². The fraction of sp³-hybridized carbons (Fsp3) is 0.333. The Kier molecular flexibility index (Phi) is 1.80. The van der Waals surface area contributed by atoms with E-state index in [1.165, 1.54) is 0 Å². The molecule has 1 heterocycles. The molecule has 11 heavy (non-hydrogen) atoms. The van der Waals surface area contributed by atoms with Gasteiger partial charge in [-0.05, 0) is 6.92 Å². The molecule has 5 heteroatoms. The normalized spacial score (nSPS) is 9.64. The minimum Gasteiger partial charge on any atom is -0.389 e. The zero-order valence-corrected chi connectivity index (χ0v) is 6.37. The molecular formula is C6H9N3O2. The number of rotatable bonds is 1. The molecule has 60 valence electrons. The maximum absolute atomic E-state index is 10.3. The van der Waals surface area contributed by atoms with Crippen LogP contribution in [0.15, 0.2) is 6.20 Å². The highest BCUT2D eigenvalue weighted by Gasteiger charge is 2.06. The Bertz CT molecular complexity index is 279. The molecule has 0 bridgehead atoms. The molecule has 0 aromatic carbocycles. The van der Waals surface area contributed by atoms with Crippen molar-refractivity contribution in [2.45, 2.75) is 6.92 Å². The van der Waals surface area contributed by atoms with Crippen molar-refractivity contribution in [3.63, 3.8) is 0 Å². The van der Waals surface area contributed by atoms with E-state index in [0.29, 0.717) is 0 Å². The number of carbonyl (C=O) groups is 1. The number of amides is 1. The summed E-state index contributed by atoms with van der Waals surface area (Å²) in [4.78, 5) is 10.3. The first kappa shape index (κ1) is 7.59. The highest BCUT2D eigenvalue weighted by Crippen LogP contribution is 2.12. The first-order valence-corrected chi connectivity index (χ1v) is 3.07. The van der Waals surface area contributed by atoms with E-state index in [-0.39, 0.29) is 5.88 Å². The summed E-state index contributed by atoms with van der Waals surface area (Å²) in [6.07, 6.45) is 0.893. The van der Waals surface area contributed by atoms with Crippen LogP contribution in [0.25, 0.3) is 0 Å². The van der Waals surface area contributed by atoms with Gasteiger partial charge in [0.15, 0.2) is 0 Å². The summed E-state index contributed by atoms with van der Waals surface area (Å²) in [6.45, 7) is 1.78. The van der Waals surface area contributed by atoms with Crippen LogP contribution in [0.2, 0.25) is 0 Å². The van der Waals surface area contributed by atoms with Crippen molar-refractivity contribution < 1.29 is 9.53 Å². The number of hydrogen-bond acceptors (Lipinski definition) is 3. The topological polar surface area (TPSA) is 70.1 Å². The Morgan fingerprint density at radius 2 is 2.45 bits per heavy atom. The van der Waals surface area contributed by atoms with Crippen molar-refractivity contribution in [2.24, 2.45) is 12.8 Å². The largest absolute Gasteiger partial charge is 0.411 e. The van der Waals surface area contributed by atoms with Crippen LogP contribution in [0.1, 0.15) is 5.56 Å². The van der Waals surface area contributed by atoms with E-state index in [1.54, 1.807) is 24.9 Å². The predicted molar refractivity (Wildman–Crippen MR) is 38.2 cm³/mol. The third kappa shape index (κ3) is 1.70. The minimum absolute atomic E-state index is 0.264. The van der Waals surface area contributed by atoms with Crippen LogP contribution in [0.4, 0.5) is 4.79 Å². The molecule has 0 aliphatic rings. The van der Waals surface area contributed by atoms with E-state index in [2.05, 4.69) is 9.84 Å². The molecule has 0 fully saturated rings. The summed E-state index contributed by atoms with van der Waals surface area (Å²) in [5.41, 5.74) is 5.58. The summed E-state index contributed by atoms with van der Waals surface area (Å²) in [5.74, 6) is 0.264. The maximum atomic E-state index is 10.3. The Labute approximate surface area is 63.7 Å². The molecule has 0 saturated carbocycles. The quantitative estimate of drug-likeness (QED) is 0.629. The van der Waals surface area contributed by atoms with Crippen molar-refractivity contribution in [1.29, 1.82) is 0 Å². The Morgan fingerprint density at radius 3 is 2.82 bits per heavy atom. The van der Waals surface area contributed by atoms with E-state index in [0.717, 1.165) is 5.56 Å². The smallest absolute Gasteiger partial charge is 0.389 e. The monoisotopic (exact) mass is 155 g/mol. The zero-order valence-electron chi connectivity index (χ0n) is 6.37. The van der Waals surface area contributed by atoms with Gasteiger partial charge in [-0.2, -0.15) is 0 Å². The molecule has 0 aliphatic carbocycles. The second-order valence-corrected chi connectivity index (χ2v) is 2.21. The van der Waals surface area contributed by atoms with Gasteiger partial charge in [0.05, 0.1) is 0 Å². The van der Waals surface area contributed by atoms with Gasteiger partial charge in [0.2, 0.25) is 5.88 Å². The Hall–Kier alpha value is -1.52. The second kappa shape index (κ2) is 2.61. The number of aryl methyl sites for hydroxylation is 2. The van der Waals surface area contributed by atoms with Crippen molar-refractivity contribution in [3.05, 3.63) is 11.8 Å². The van der Waals surface area contributed by atoms with Crippen LogP contribution in [-0.4, -0.2) is 15.9 Å². The molecule has 0 aliphatic heterocycles. The number of nitrogens with two attached hydrogens (primary N) is 1. The zero-order chi connectivity index (χ0) is 8.43. The number of primary amides is 1. The SMILES string of the molecule is Cc1cn(C)nc1OC(N)=O. The van der Waals surface area contributed by atoms with E-state index < -0.39 is 6.09 Å². The van der Waals surface area contributed by atoms with Gasteiger partial charge in [-0.3, -0.25) is 4.68 Å². The molecule has 0 saturated heterocycles. The number of aromatic nitrogens is 2. The Morgan fingerprint density at radius 1 is 1.82 bits per heavy atom. The van der Waals surface area contributed by atoms with Gasteiger partial charge in [-0.15, -0.1) is 5.10 Å². The van der Waals surface area contributed by atoms with Crippen molar-refractivity contribution in [2.75, 3.05) is 0 Å². The average molecular weight is 155 g/mol. The molecule has 0 atom stereocenters. The van der Waals surface area contributed by atoms with Gasteiger partial charge in [0.25, 0.3) is 0 Å². The third-order valence-electron chi connectivity index (χ3n) is 1.16. The van der Waals surface area contributed by atoms with E-state index in [4.69, 9.17) is 5.73 Å². The minimum atomic E-state index is -0.841. The summed E-state index contributed by atoms with van der Waals surface area (Å²) in [7, 11) is 1.74. The van der Waals surface area contributed by atoms with Crippen LogP contribution in [0.3, 0.4) is 0 Å². The summed E-state index contributed by atoms with van der Waals surface area (Å²) >= 11 is 0. The lowest BCUT2D eigenvalue weighted by Gasteiger charge is -1.94. The summed E-state index contributed by atoms with van der Waals surface area (Å²) < 4.78 is 6.12. The summed E-state index contributed by atoms with van der Waals surface area (Å²) in [5, 5.41) is 3.84. The van der Waals surface area contributed by atoms with Crippen LogP contribution < -0.4 is 10.5 Å². The maximum Gasteiger partial charge on any atom is 0.411 e. The molecular weight excluding hydrogens is 146 g/mol. The highest BCUT2D eigenvalue weighted by molar-refractivity contribution is 5.67. The molecule has 0 radical (unpaired) electrons. The van der Waals surface area contributed by atoms with Gasteiger partial charge >= 0.3 is 6.09 Å². The van der Waals surface area contributed by atoms with E-state index in [9.17, 15) is 4.79 Å². The van der Waals surface area contributed by atoms with Gasteiger partial charge in [-0.1, -0.05) is 0 Å². The van der Waals surface area contributed by atoms with Crippen molar-refractivity contribution >= 4 is 6.09 Å². The fourth-order valence-corrected chi connectivity index (χ4v) is 0.783. The lowest BCUT2D eigenvalue weighted by Crippen LogP contribution is -2.17. The molecule has 1 aromatic rings. The van der Waals surface area contributed by atoms with E-state index >= 15 is 0 Å². The number of ether oxygens (including phenoxy) is 1. The molecule has 1 rings (SSSR count). The van der Waals surface area contributed by atoms with Crippen LogP contribution in [0.5, 0.6) is 5.88 Å². The lowest BCUT2D eigenvalue weighted by atomic mass is 10.4. The lowest BCUT2D eigenvalue weighted by molar-refractivity contribution is 0.208. The number of nitrogens with zero attached hydrogens (tertiary/aromatic N) is 2. The standard InChI is InChI=1S/C6H9N3O2/c1-4-3-9(2)8-5(4)11-6(7)10/h3H,1-2H3,(H2,7,10). The third-order valence-corrected chi connectivity index (χ3v) is 1.16. The summed E-state index contributed by atoms with van der Waals surface area (Å²) in [6, 6.07) is 0. The number of hydrogen-bond donors (Lipinski definition) is 1. The molecule has 0 unspecified atom stereocenters. The number of carbonyl (C=O) groups excluding carboxylic acids is 1. The van der Waals surface area contributed by atoms with Crippen LogP contribution in [0, 0.1) is 6.92 Å². The first-order valence-electron chi connectivity index (χ1n) is 3.07. The van der Waals surface area contributed by atoms with Crippen molar-refractivity contribution in [1.82, 2.24) is 9.78 Å². The van der Waals surface area contributed by atoms with Crippen LogP contribution >= 0.6 is 0 Å². The molecule has 0 spiro atoms. The molecule has 1 amide bonds. The first-order chi connectivity index (χ1) is 5.09. The van der Waals surface area contributed by atoms with E-state index in [1.807, 2.05) is 0 Å².